The van der Waals surface area contributed by atoms with Crippen LogP contribution in [-0.4, -0.2) is 81.8 Å². The number of aromatic hydroxyl groups is 1. The van der Waals surface area contributed by atoms with Crippen molar-refractivity contribution in [2.24, 2.45) is 17.6 Å². The van der Waals surface area contributed by atoms with Gasteiger partial charge in [0, 0.05) is 55.8 Å². The van der Waals surface area contributed by atoms with Gasteiger partial charge >= 0.3 is 6.18 Å². The zero-order valence-electron chi connectivity index (χ0n) is 22.5. The van der Waals surface area contributed by atoms with Crippen LogP contribution in [0.5, 0.6) is 5.75 Å². The molecule has 0 bridgehead atoms. The number of rotatable bonds is 6. The standard InChI is InChI=1S/C27H32F3N3O7/c1-11(9-26(28,29)30)33(4)10-13-7-16(32(2)3)15-6-12-5-14-8-17(34)20(25(31)39)24(38)27(14,40)23(37)18(12)22(36)19(15)21(13)35/h7,11-12,14,35-36,38,40H,5-6,8-10H2,1-4H3,(H2,31,39)/t11?,12-,14+,27+/m1/s1. The Balaban J connectivity index is 1.85. The van der Waals surface area contributed by atoms with Crippen LogP contribution in [0, 0.1) is 11.8 Å². The van der Waals surface area contributed by atoms with Crippen LogP contribution in [0.25, 0.3) is 5.76 Å². The summed E-state index contributed by atoms with van der Waals surface area (Å²) >= 11 is 0. The van der Waals surface area contributed by atoms with Gasteiger partial charge in [-0.3, -0.25) is 19.3 Å². The third-order valence-electron chi connectivity index (χ3n) is 8.30. The summed E-state index contributed by atoms with van der Waals surface area (Å²) in [5, 5.41) is 44.7. The van der Waals surface area contributed by atoms with E-state index in [1.807, 2.05) is 0 Å². The summed E-state index contributed by atoms with van der Waals surface area (Å²) in [6.45, 7) is 1.28. The van der Waals surface area contributed by atoms with E-state index in [9.17, 15) is 48.0 Å². The lowest BCUT2D eigenvalue weighted by Gasteiger charge is -2.46. The van der Waals surface area contributed by atoms with Crippen molar-refractivity contribution in [1.29, 1.82) is 0 Å². The topological polar surface area (TPSA) is 165 Å². The molecule has 0 aromatic heterocycles. The van der Waals surface area contributed by atoms with Gasteiger partial charge in [-0.1, -0.05) is 0 Å². The number of benzene rings is 1. The number of fused-ring (bicyclic) bond motifs is 3. The first kappa shape index (κ1) is 29.4. The number of halogens is 3. The number of anilines is 1. The van der Waals surface area contributed by atoms with Crippen molar-refractivity contribution in [3.05, 3.63) is 39.7 Å². The van der Waals surface area contributed by atoms with E-state index in [-0.39, 0.29) is 36.1 Å². The Morgan fingerprint density at radius 1 is 1.18 bits per heavy atom. The van der Waals surface area contributed by atoms with Crippen LogP contribution in [-0.2, 0) is 27.3 Å². The highest BCUT2D eigenvalue weighted by molar-refractivity contribution is 6.22. The number of aliphatic hydroxyl groups is 3. The van der Waals surface area contributed by atoms with Gasteiger partial charge in [-0.05, 0) is 44.4 Å². The van der Waals surface area contributed by atoms with Crippen molar-refractivity contribution in [3.63, 3.8) is 0 Å². The number of phenols is 1. The maximum atomic E-state index is 13.7. The fourth-order valence-corrected chi connectivity index (χ4v) is 6.16. The van der Waals surface area contributed by atoms with Gasteiger partial charge in [0.05, 0.1) is 12.0 Å². The van der Waals surface area contributed by atoms with Crippen LogP contribution in [0.2, 0.25) is 0 Å². The lowest BCUT2D eigenvalue weighted by molar-refractivity contribution is -0.148. The van der Waals surface area contributed by atoms with Crippen LogP contribution in [0.3, 0.4) is 0 Å². The zero-order chi connectivity index (χ0) is 30.1. The molecule has 0 aliphatic heterocycles. The quantitative estimate of drug-likeness (QED) is 0.324. The van der Waals surface area contributed by atoms with Gasteiger partial charge < -0.3 is 31.1 Å². The van der Waals surface area contributed by atoms with Crippen molar-refractivity contribution >= 4 is 28.9 Å². The number of nitrogens with two attached hydrogens (primary N) is 1. The van der Waals surface area contributed by atoms with Crippen molar-refractivity contribution in [1.82, 2.24) is 4.90 Å². The first-order chi connectivity index (χ1) is 18.4. The summed E-state index contributed by atoms with van der Waals surface area (Å²) in [6, 6.07) is 0.686. The molecule has 3 aliphatic rings. The normalized spacial score (nSPS) is 25.5. The number of alkyl halides is 3. The van der Waals surface area contributed by atoms with Gasteiger partial charge in [-0.25, -0.2) is 0 Å². The number of ketones is 2. The fourth-order valence-electron chi connectivity index (χ4n) is 6.16. The lowest BCUT2D eigenvalue weighted by Crippen LogP contribution is -2.58. The minimum atomic E-state index is -4.39. The number of carbonyl (C=O) groups excluding carboxylic acids is 3. The maximum absolute atomic E-state index is 13.7. The number of Topliss-reactive ketones (excluding diaryl/α,β-unsaturated/α-hetero) is 2. The highest BCUT2D eigenvalue weighted by Gasteiger charge is 2.60. The third-order valence-corrected chi connectivity index (χ3v) is 8.30. The van der Waals surface area contributed by atoms with Gasteiger partial charge in [0.15, 0.2) is 11.4 Å². The van der Waals surface area contributed by atoms with E-state index in [1.165, 1.54) is 18.9 Å². The molecule has 0 radical (unpaired) electrons. The molecule has 1 unspecified atom stereocenters. The van der Waals surface area contributed by atoms with Crippen molar-refractivity contribution in [3.8, 4) is 5.75 Å². The molecule has 0 saturated heterocycles. The van der Waals surface area contributed by atoms with Gasteiger partial charge in [-0.15, -0.1) is 0 Å². The molecule has 1 amide bonds. The second-order valence-electron chi connectivity index (χ2n) is 11.1. The molecule has 3 aliphatic carbocycles. The van der Waals surface area contributed by atoms with Crippen molar-refractivity contribution < 1.29 is 48.0 Å². The molecule has 218 valence electrons. The number of nitrogens with zero attached hydrogens (tertiary/aromatic N) is 2. The van der Waals surface area contributed by atoms with Gasteiger partial charge in [0.2, 0.25) is 5.78 Å². The molecule has 40 heavy (non-hydrogen) atoms. The molecule has 1 aromatic rings. The predicted molar refractivity (Wildman–Crippen MR) is 137 cm³/mol. The SMILES string of the molecule is CC(CC(F)(F)F)N(C)Cc1cc(N(C)C)c2c(c1O)C(O)=C1C(=O)[C@]3(O)C(O)=C(C(N)=O)C(=O)C[C@@H]3C[C@@H]1C2. The van der Waals surface area contributed by atoms with Crippen molar-refractivity contribution in [2.45, 2.75) is 57.0 Å². The summed E-state index contributed by atoms with van der Waals surface area (Å²) in [6.07, 6.45) is -5.77. The first-order valence-corrected chi connectivity index (χ1v) is 12.7. The summed E-state index contributed by atoms with van der Waals surface area (Å²) in [5.41, 5.74) is 2.49. The monoisotopic (exact) mass is 567 g/mol. The Bertz CT molecular complexity index is 1370. The van der Waals surface area contributed by atoms with Gasteiger partial charge in [-0.2, -0.15) is 13.2 Å². The summed E-state index contributed by atoms with van der Waals surface area (Å²) in [4.78, 5) is 41.1. The smallest absolute Gasteiger partial charge is 0.390 e. The molecule has 0 spiro atoms. The number of hydrogen-bond acceptors (Lipinski definition) is 9. The molecule has 4 rings (SSSR count). The second kappa shape index (κ2) is 9.81. The maximum Gasteiger partial charge on any atom is 0.390 e. The van der Waals surface area contributed by atoms with E-state index in [0.29, 0.717) is 11.3 Å². The molecule has 10 nitrogen and oxygen atoms in total. The second-order valence-corrected chi connectivity index (χ2v) is 11.1. The van der Waals surface area contributed by atoms with Crippen molar-refractivity contribution in [2.75, 3.05) is 26.0 Å². The molecule has 13 heteroatoms. The number of primary amides is 1. The predicted octanol–water partition coefficient (Wildman–Crippen LogP) is 2.26. The molecule has 1 saturated carbocycles. The first-order valence-electron chi connectivity index (χ1n) is 12.7. The number of aliphatic hydroxyl groups excluding tert-OH is 2. The number of carbonyl (C=O) groups is 3. The highest BCUT2D eigenvalue weighted by Crippen LogP contribution is 2.53. The lowest BCUT2D eigenvalue weighted by atomic mass is 9.59. The Hall–Kier alpha value is -3.58. The average Bonchev–Trinajstić information content (AvgIpc) is 2.81. The average molecular weight is 568 g/mol. The zero-order valence-corrected chi connectivity index (χ0v) is 22.5. The van der Waals surface area contributed by atoms with Crippen LogP contribution in [0.15, 0.2) is 23.0 Å². The van der Waals surface area contributed by atoms with E-state index in [1.54, 1.807) is 25.1 Å². The Morgan fingerprint density at radius 2 is 1.80 bits per heavy atom. The Morgan fingerprint density at radius 3 is 2.35 bits per heavy atom. The van der Waals surface area contributed by atoms with E-state index < -0.39 is 82.8 Å². The van der Waals surface area contributed by atoms with Crippen LogP contribution in [0.4, 0.5) is 18.9 Å². The minimum absolute atomic E-state index is 0.00398. The summed E-state index contributed by atoms with van der Waals surface area (Å²) in [7, 11) is 4.89. The molecular formula is C27H32F3N3O7. The summed E-state index contributed by atoms with van der Waals surface area (Å²) in [5.74, 6) is -7.26. The number of amides is 1. The Kier molecular flexibility index (Phi) is 7.21. The molecule has 1 aromatic carbocycles. The third kappa shape index (κ3) is 4.60. The van der Waals surface area contributed by atoms with Crippen LogP contribution < -0.4 is 10.6 Å². The molecule has 6 N–H and O–H groups in total. The van der Waals surface area contributed by atoms with E-state index in [4.69, 9.17) is 5.73 Å². The van der Waals surface area contributed by atoms with Gasteiger partial charge in [0.25, 0.3) is 5.91 Å². The number of phenolic OH excluding ortho intramolecular Hbond substituents is 1. The van der Waals surface area contributed by atoms with Crippen LogP contribution >= 0.6 is 0 Å². The highest BCUT2D eigenvalue weighted by atomic mass is 19.4. The summed E-state index contributed by atoms with van der Waals surface area (Å²) < 4.78 is 38.9. The van der Waals surface area contributed by atoms with Crippen LogP contribution in [0.1, 0.15) is 42.9 Å². The van der Waals surface area contributed by atoms with E-state index >= 15 is 0 Å². The largest absolute Gasteiger partial charge is 0.508 e. The molecule has 0 heterocycles. The van der Waals surface area contributed by atoms with E-state index in [0.717, 1.165) is 0 Å². The Labute approximate surface area is 228 Å². The molecule has 4 atom stereocenters. The van der Waals surface area contributed by atoms with Gasteiger partial charge in [0.1, 0.15) is 22.8 Å². The fraction of sp³-hybridized carbons (Fsp3) is 0.519. The van der Waals surface area contributed by atoms with E-state index in [2.05, 4.69) is 0 Å². The number of hydrogen-bond donors (Lipinski definition) is 5. The molecule has 1 fully saturated rings. The minimum Gasteiger partial charge on any atom is -0.508 e. The molecular weight excluding hydrogens is 535 g/mol.